The molecule has 0 fully saturated rings. The molecule has 5 aromatic rings. The van der Waals surface area contributed by atoms with Crippen molar-refractivity contribution in [2.45, 2.75) is 17.4 Å². The summed E-state index contributed by atoms with van der Waals surface area (Å²) in [7, 11) is 1.14. The molecule has 0 saturated carbocycles. The first kappa shape index (κ1) is 27.3. The molecule has 1 radical (unpaired) electrons. The Bertz CT molecular complexity index is 1840. The van der Waals surface area contributed by atoms with Crippen LogP contribution in [-0.4, -0.2) is 32.1 Å². The van der Waals surface area contributed by atoms with E-state index in [-0.39, 0.29) is 24.0 Å². The van der Waals surface area contributed by atoms with Gasteiger partial charge in [-0.05, 0) is 50.1 Å². The van der Waals surface area contributed by atoms with Crippen LogP contribution in [-0.2, 0) is 34.2 Å². The Labute approximate surface area is 254 Å². The number of rotatable bonds is 8. The molecule has 1 unspecified atom stereocenters. The maximum absolute atomic E-state index is 14.3. The van der Waals surface area contributed by atoms with Crippen molar-refractivity contribution in [3.8, 4) is 22.3 Å². The molecule has 2 aliphatic rings. The first-order chi connectivity index (χ1) is 21.6. The van der Waals surface area contributed by atoms with Crippen LogP contribution in [0, 0.1) is 0 Å². The Morgan fingerprint density at radius 1 is 0.614 bits per heavy atom. The largest absolute Gasteiger partial charge is 0.465 e. The first-order valence-electron chi connectivity index (χ1n) is 14.4. The summed E-state index contributed by atoms with van der Waals surface area (Å²) in [4.78, 5) is 39.9. The fraction of sp³-hybridized carbons (Fsp3) is 0.132. The zero-order valence-electron chi connectivity index (χ0n) is 23.9. The summed E-state index contributed by atoms with van der Waals surface area (Å²) in [5.41, 5.74) is 6.46. The van der Waals surface area contributed by atoms with E-state index in [0.29, 0.717) is 5.56 Å². The third kappa shape index (κ3) is 4.06. The second kappa shape index (κ2) is 11.0. The zero-order chi connectivity index (χ0) is 30.3. The number of methoxy groups -OCH3 is 1. The average molecular weight is 580 g/mol. The Morgan fingerprint density at radius 3 is 1.55 bits per heavy atom. The molecule has 1 atom stereocenters. The van der Waals surface area contributed by atoms with Crippen LogP contribution in [0.1, 0.15) is 45.2 Å². The van der Waals surface area contributed by atoms with Crippen molar-refractivity contribution in [3.05, 3.63) is 155 Å². The highest BCUT2D eigenvalue weighted by molar-refractivity contribution is 6.06. The third-order valence-corrected chi connectivity index (χ3v) is 8.78. The quantitative estimate of drug-likeness (QED) is 0.114. The highest BCUT2D eigenvalue weighted by atomic mass is 16.6. The van der Waals surface area contributed by atoms with E-state index in [1.165, 1.54) is 6.47 Å². The van der Waals surface area contributed by atoms with Crippen LogP contribution >= 0.6 is 0 Å². The van der Waals surface area contributed by atoms with Gasteiger partial charge in [0, 0.05) is 17.4 Å². The van der Waals surface area contributed by atoms with E-state index in [0.717, 1.165) is 51.6 Å². The summed E-state index contributed by atoms with van der Waals surface area (Å²) in [6.45, 7) is 1.29. The fourth-order valence-corrected chi connectivity index (χ4v) is 6.91. The Hall–Kier alpha value is -5.49. The van der Waals surface area contributed by atoms with E-state index >= 15 is 0 Å². The smallest absolute Gasteiger partial charge is 0.419 e. The predicted octanol–water partition coefficient (Wildman–Crippen LogP) is 6.66. The van der Waals surface area contributed by atoms with E-state index < -0.39 is 17.5 Å². The maximum Gasteiger partial charge on any atom is 0.419 e. The van der Waals surface area contributed by atoms with E-state index in [1.54, 1.807) is 12.1 Å². The third-order valence-electron chi connectivity index (χ3n) is 8.78. The number of hydrogen-bond acceptors (Lipinski definition) is 6. The van der Waals surface area contributed by atoms with Gasteiger partial charge in [-0.25, -0.2) is 14.4 Å². The van der Waals surface area contributed by atoms with Gasteiger partial charge in [0.25, 0.3) is 0 Å². The summed E-state index contributed by atoms with van der Waals surface area (Å²) in [5.74, 6) is -2.75. The molecular formula is C38H27O6. The van der Waals surface area contributed by atoms with Gasteiger partial charge in [0.2, 0.25) is 0 Å². The molecule has 0 bridgehead atoms. The first-order valence-corrected chi connectivity index (χ1v) is 14.4. The summed E-state index contributed by atoms with van der Waals surface area (Å²) in [6.07, 6.45) is 0. The van der Waals surface area contributed by atoms with Gasteiger partial charge in [-0.1, -0.05) is 121 Å². The van der Waals surface area contributed by atoms with Gasteiger partial charge >= 0.3 is 24.0 Å². The zero-order valence-corrected chi connectivity index (χ0v) is 23.9. The molecule has 2 aliphatic carbocycles. The molecule has 0 heterocycles. The number of carbonyl (C=O) groups excluding carboxylic acids is 3. The molecule has 44 heavy (non-hydrogen) atoms. The van der Waals surface area contributed by atoms with E-state index in [2.05, 4.69) is 0 Å². The van der Waals surface area contributed by atoms with Crippen LogP contribution in [0.3, 0.4) is 0 Å². The highest BCUT2D eigenvalue weighted by Gasteiger charge is 2.56. The number of hydrogen-bond donors (Lipinski definition) is 0. The van der Waals surface area contributed by atoms with E-state index in [4.69, 9.17) is 14.2 Å². The van der Waals surface area contributed by atoms with Gasteiger partial charge in [-0.3, -0.25) is 0 Å². The lowest BCUT2D eigenvalue weighted by molar-refractivity contribution is -0.181. The van der Waals surface area contributed by atoms with Crippen LogP contribution in [0.25, 0.3) is 22.3 Å². The van der Waals surface area contributed by atoms with Crippen LogP contribution in [0.15, 0.2) is 121 Å². The second-order valence-electron chi connectivity index (χ2n) is 10.9. The average Bonchev–Trinajstić information content (AvgIpc) is 3.58. The van der Waals surface area contributed by atoms with E-state index in [1.807, 2.05) is 109 Å². The topological polar surface area (TPSA) is 78.9 Å². The number of esters is 2. The Morgan fingerprint density at radius 2 is 1.05 bits per heavy atom. The van der Waals surface area contributed by atoms with Gasteiger partial charge in [0.15, 0.2) is 0 Å². The molecule has 7 rings (SSSR count). The molecule has 0 N–H and O–H groups in total. The molecule has 0 saturated heterocycles. The SMILES string of the molecule is COC(=O)C(O[C]=O)(C(=O)OCC1c2ccccc2-c2ccccc21)c1ccccc1C1c2ccccc2-c2ccccc21. The minimum absolute atomic E-state index is 0.0783. The lowest BCUT2D eigenvalue weighted by Gasteiger charge is -2.31. The standard InChI is InChI=1S/C38H27O6/c1-42-36(40)38(44-23-39,37(41)43-22-33-28-16-4-2-12-24(28)25-13-3-5-17-29(25)33)34-21-11-10-20-32(34)35-30-18-8-6-14-26(30)27-15-7-9-19-31(27)35/h2-21,33,35H,22H2,1H3. The fourth-order valence-electron chi connectivity index (χ4n) is 6.91. The van der Waals surface area contributed by atoms with Crippen molar-refractivity contribution in [2.24, 2.45) is 0 Å². The van der Waals surface area contributed by atoms with Gasteiger partial charge in [0.05, 0.1) is 7.11 Å². The number of ether oxygens (including phenoxy) is 3. The molecule has 0 spiro atoms. The molecular weight excluding hydrogens is 552 g/mol. The summed E-state index contributed by atoms with van der Waals surface area (Å²) in [5, 5.41) is 0. The predicted molar refractivity (Wildman–Crippen MR) is 164 cm³/mol. The molecule has 215 valence electrons. The normalized spacial score (nSPS) is 14.4. The van der Waals surface area contributed by atoms with Crippen molar-refractivity contribution in [2.75, 3.05) is 13.7 Å². The number of fused-ring (bicyclic) bond motifs is 6. The van der Waals surface area contributed by atoms with Crippen LogP contribution in [0.2, 0.25) is 0 Å². The van der Waals surface area contributed by atoms with Crippen molar-refractivity contribution < 1.29 is 28.6 Å². The van der Waals surface area contributed by atoms with Crippen molar-refractivity contribution in [3.63, 3.8) is 0 Å². The monoisotopic (exact) mass is 579 g/mol. The Balaban J connectivity index is 1.33. The second-order valence-corrected chi connectivity index (χ2v) is 10.9. The molecule has 6 nitrogen and oxygen atoms in total. The molecule has 0 amide bonds. The molecule has 0 aromatic heterocycles. The Kier molecular flexibility index (Phi) is 6.82. The minimum atomic E-state index is -2.54. The van der Waals surface area contributed by atoms with Crippen LogP contribution in [0.4, 0.5) is 0 Å². The van der Waals surface area contributed by atoms with Crippen molar-refractivity contribution in [1.29, 1.82) is 0 Å². The minimum Gasteiger partial charge on any atom is -0.465 e. The number of carbonyl (C=O) groups is 2. The highest BCUT2D eigenvalue weighted by Crippen LogP contribution is 2.50. The molecule has 6 heteroatoms. The maximum atomic E-state index is 14.3. The molecule has 5 aromatic carbocycles. The molecule has 0 aliphatic heterocycles. The lowest BCUT2D eigenvalue weighted by atomic mass is 9.80. The van der Waals surface area contributed by atoms with Gasteiger partial charge in [0.1, 0.15) is 6.61 Å². The van der Waals surface area contributed by atoms with E-state index in [9.17, 15) is 14.4 Å². The van der Waals surface area contributed by atoms with Gasteiger partial charge in [-0.2, -0.15) is 0 Å². The summed E-state index contributed by atoms with van der Waals surface area (Å²) >= 11 is 0. The van der Waals surface area contributed by atoms with Crippen molar-refractivity contribution in [1.82, 2.24) is 0 Å². The van der Waals surface area contributed by atoms with Crippen molar-refractivity contribution >= 4 is 18.4 Å². The van der Waals surface area contributed by atoms with Gasteiger partial charge < -0.3 is 14.2 Å². The summed E-state index contributed by atoms with van der Waals surface area (Å²) < 4.78 is 16.5. The summed E-state index contributed by atoms with van der Waals surface area (Å²) in [6, 6.07) is 38.8. The lowest BCUT2D eigenvalue weighted by Crippen LogP contribution is -2.49. The van der Waals surface area contributed by atoms with Crippen LogP contribution in [0.5, 0.6) is 0 Å². The van der Waals surface area contributed by atoms with Gasteiger partial charge in [-0.15, -0.1) is 0 Å². The number of benzene rings is 5. The van der Waals surface area contributed by atoms with Crippen LogP contribution < -0.4 is 0 Å².